The number of anilines is 8. The van der Waals surface area contributed by atoms with E-state index in [1.807, 2.05) is 157 Å². The van der Waals surface area contributed by atoms with Crippen LogP contribution in [0.25, 0.3) is 69.3 Å². The number of allylic oxidation sites excluding steroid dienone is 4. The summed E-state index contributed by atoms with van der Waals surface area (Å²) in [4.78, 5) is 85.4. The topological polar surface area (TPSA) is 324 Å². The van der Waals surface area contributed by atoms with Crippen LogP contribution in [0.3, 0.4) is 0 Å². The number of nitrogen functional groups attached to an aromatic ring is 4. The van der Waals surface area contributed by atoms with Crippen LogP contribution in [-0.2, 0) is 33.6 Å². The number of carbonyl (C=O) groups excluding carboxylic acids is 4. The van der Waals surface area contributed by atoms with Gasteiger partial charge in [0.05, 0.1) is 66.8 Å². The number of amides is 4. The maximum absolute atomic E-state index is 13.9. The number of nitrogens with two attached hydrogens (primary N) is 4. The van der Waals surface area contributed by atoms with Crippen LogP contribution in [0.2, 0.25) is 0 Å². The smallest absolute Gasteiger partial charge is 0.256 e. The van der Waals surface area contributed by atoms with Crippen LogP contribution in [0.5, 0.6) is 0 Å². The van der Waals surface area contributed by atoms with E-state index >= 15 is 0 Å². The van der Waals surface area contributed by atoms with Gasteiger partial charge in [0, 0.05) is 59.7 Å². The van der Waals surface area contributed by atoms with Crippen molar-refractivity contribution in [1.29, 1.82) is 0 Å². The van der Waals surface area contributed by atoms with Gasteiger partial charge in [-0.05, 0) is 198 Å². The van der Waals surface area contributed by atoms with Gasteiger partial charge in [0.1, 0.15) is 22.8 Å². The molecule has 0 unspecified atom stereocenters. The number of aromatic nitrogens is 8. The molecule has 4 aromatic heterocycles. The molecule has 115 heavy (non-hydrogen) atoms. The molecule has 12 N–H and O–H groups in total. The zero-order valence-electron chi connectivity index (χ0n) is 63.4. The summed E-state index contributed by atoms with van der Waals surface area (Å²) in [6.07, 6.45) is 12.5. The zero-order chi connectivity index (χ0) is 83.2. The summed E-state index contributed by atoms with van der Waals surface area (Å²) < 4.78 is 95.3. The Labute approximate surface area is 672 Å². The minimum atomic E-state index is -2.29. The Bertz CT molecular complexity index is 5620. The van der Waals surface area contributed by atoms with Crippen molar-refractivity contribution in [3.63, 3.8) is 0 Å². The minimum absolute atomic E-state index is 0.0423. The summed E-state index contributed by atoms with van der Waals surface area (Å²) in [5, 5.41) is 10.7. The molecule has 0 bridgehead atoms. The van der Waals surface area contributed by atoms with E-state index in [1.54, 1.807) is 93.1 Å². The van der Waals surface area contributed by atoms with Gasteiger partial charge in [-0.25, -0.2) is 70.6 Å². The van der Waals surface area contributed by atoms with Gasteiger partial charge >= 0.3 is 0 Å². The summed E-state index contributed by atoms with van der Waals surface area (Å²) in [6, 6.07) is 49.2. The third-order valence-electron chi connectivity index (χ3n) is 16.0. The van der Waals surface area contributed by atoms with Crippen LogP contribution >= 0.6 is 22.6 Å². The number of benzene rings is 8. The summed E-state index contributed by atoms with van der Waals surface area (Å²) in [5.74, 6) is -13.3. The van der Waals surface area contributed by atoms with Gasteiger partial charge in [0.2, 0.25) is 23.5 Å². The fraction of sp³-hybridized carbons (Fsp3) is 0.126. The molecule has 0 saturated carbocycles. The number of rotatable bonds is 19. The molecule has 0 aliphatic heterocycles. The van der Waals surface area contributed by atoms with Gasteiger partial charge in [-0.2, -0.15) is 0 Å². The lowest BCUT2D eigenvalue weighted by atomic mass is 10.1. The average molecular weight is 1670 g/mol. The average Bonchev–Trinajstić information content (AvgIpc) is 0.780. The lowest BCUT2D eigenvalue weighted by molar-refractivity contribution is -0.116. The number of halogens is 8. The molecule has 0 aliphatic rings. The summed E-state index contributed by atoms with van der Waals surface area (Å²) in [6.45, 7) is 15.3. The molecule has 0 saturated heterocycles. The van der Waals surface area contributed by atoms with Crippen LogP contribution in [-0.4, -0.2) is 63.5 Å². The van der Waals surface area contributed by atoms with Gasteiger partial charge < -0.3 is 44.2 Å². The first-order valence-electron chi connectivity index (χ1n) is 35.3. The number of hydrogen-bond donors (Lipinski definition) is 8. The molecule has 0 radical (unpaired) electrons. The summed E-state index contributed by atoms with van der Waals surface area (Å²) >= 11 is 2.24. The van der Waals surface area contributed by atoms with Crippen LogP contribution in [0.1, 0.15) is 105 Å². The Balaban J connectivity index is 0.000000176. The highest BCUT2D eigenvalue weighted by atomic mass is 127. The maximum atomic E-state index is 13.9. The second kappa shape index (κ2) is 40.0. The Kier molecular flexibility index (Phi) is 29.7. The largest absolute Gasteiger partial charge is 0.399 e. The molecule has 0 aliphatic carbocycles. The van der Waals surface area contributed by atoms with Crippen LogP contribution in [0, 0.1) is 44.3 Å². The predicted octanol–water partition coefficient (Wildman–Crippen LogP) is 19.0. The molecule has 28 heteroatoms. The molecule has 4 amide bonds. The molecule has 0 fully saturated rings. The molecular formula is C87H78F7IN16O4. The maximum Gasteiger partial charge on any atom is 0.256 e. The second-order valence-electron chi connectivity index (χ2n) is 26.7. The molecular weight excluding hydrogens is 1590 g/mol. The van der Waals surface area contributed by atoms with Crippen molar-refractivity contribution >= 4 is 117 Å². The molecule has 0 atom stereocenters. The van der Waals surface area contributed by atoms with Crippen molar-refractivity contribution in [2.75, 3.05) is 44.2 Å². The molecule has 586 valence electrons. The van der Waals surface area contributed by atoms with Crippen LogP contribution in [0.4, 0.5) is 76.8 Å². The van der Waals surface area contributed by atoms with E-state index in [-0.39, 0.29) is 42.0 Å². The standard InChI is InChI=1S/C22H17F5N4O.C22H20F2N4O.C22H21IN4O.C21H20N4O/c1-10(2)7-14-22(29-9-15(30-14)11-3-5-12(28)6-4-11)31-16(32)8-13-17(23)19(25)21(27)20(26)18(13)24;1-13(2)9-19-22(26-12-20(27-19)15-4-6-16(25)7-5-15)28-21(29)11-14-3-8-17(23)18(24)10-14;1-14(2)11-19-22(27-21(28)12-15-3-7-17(23)8-4-15)25-13-20(26-19)16-5-9-18(24)10-6-16;1-14(2)12-18-20(25-21(26)16-6-4-3-5-7-16)23-13-19(24-18)15-8-10-17(22)11-9-15/h3-7,9H,8,28H2,1-2H3,(H,29,31,32);3-10,12H,11,25H2,1-2H3,(H,26,28,29);3-11,13H,12,24H2,1-2H3,(H,25,27,28);3-13H,22H2,1-2H3,(H,23,25,26). The quantitative estimate of drug-likeness (QED) is 0.0123. The Hall–Kier alpha value is -13.6. The van der Waals surface area contributed by atoms with E-state index in [0.717, 1.165) is 71.6 Å². The molecule has 8 aromatic carbocycles. The lowest BCUT2D eigenvalue weighted by Gasteiger charge is -2.11. The summed E-state index contributed by atoms with van der Waals surface area (Å²) in [7, 11) is 0. The Morgan fingerprint density at radius 3 is 0.965 bits per heavy atom. The van der Waals surface area contributed by atoms with Gasteiger partial charge in [-0.1, -0.05) is 107 Å². The highest BCUT2D eigenvalue weighted by Crippen LogP contribution is 2.30. The van der Waals surface area contributed by atoms with Crippen molar-refractivity contribution in [3.05, 3.63) is 306 Å². The van der Waals surface area contributed by atoms with Crippen molar-refractivity contribution in [1.82, 2.24) is 39.9 Å². The summed E-state index contributed by atoms with van der Waals surface area (Å²) in [5.41, 5.74) is 37.9. The first-order valence-corrected chi connectivity index (χ1v) is 36.4. The first kappa shape index (κ1) is 85.4. The number of nitrogens with one attached hydrogen (secondary N) is 4. The molecule has 20 nitrogen and oxygen atoms in total. The van der Waals surface area contributed by atoms with Crippen molar-refractivity contribution in [2.24, 2.45) is 0 Å². The first-order chi connectivity index (χ1) is 54.8. The number of nitrogens with zero attached hydrogens (tertiary/aromatic N) is 8. The van der Waals surface area contributed by atoms with Gasteiger partial charge in [0.15, 0.2) is 58.2 Å². The predicted molar refractivity (Wildman–Crippen MR) is 448 cm³/mol. The Morgan fingerprint density at radius 1 is 0.348 bits per heavy atom. The number of hydrogen-bond acceptors (Lipinski definition) is 16. The second-order valence-corrected chi connectivity index (χ2v) is 28.0. The van der Waals surface area contributed by atoms with Crippen molar-refractivity contribution in [2.45, 2.75) is 74.7 Å². The van der Waals surface area contributed by atoms with E-state index in [9.17, 15) is 49.9 Å². The van der Waals surface area contributed by atoms with Crippen molar-refractivity contribution < 1.29 is 49.9 Å². The van der Waals surface area contributed by atoms with E-state index in [0.29, 0.717) is 79.5 Å². The van der Waals surface area contributed by atoms with E-state index in [4.69, 9.17) is 22.9 Å². The van der Waals surface area contributed by atoms with Crippen LogP contribution < -0.4 is 44.2 Å². The molecule has 12 aromatic rings. The van der Waals surface area contributed by atoms with Crippen molar-refractivity contribution in [3.8, 4) is 45.0 Å². The third kappa shape index (κ3) is 24.9. The fourth-order valence-electron chi connectivity index (χ4n) is 10.6. The Morgan fingerprint density at radius 2 is 0.643 bits per heavy atom. The van der Waals surface area contributed by atoms with Gasteiger partial charge in [0.25, 0.3) is 5.91 Å². The van der Waals surface area contributed by atoms with E-state index < -0.39 is 64.5 Å². The highest BCUT2D eigenvalue weighted by molar-refractivity contribution is 14.1. The minimum Gasteiger partial charge on any atom is -0.399 e. The monoisotopic (exact) mass is 1670 g/mol. The SMILES string of the molecule is CC(C)=Cc1nc(-c2ccc(N)cc2)cnc1NC(=O)Cc1c(F)c(F)c(F)c(F)c1F.CC(C)=Cc1nc(-c2ccc(N)cc2)cnc1NC(=O)Cc1ccc(F)c(F)c1.CC(C)=Cc1nc(-c2ccc(N)cc2)cnc1NC(=O)Cc1ccc(I)cc1.CC(C)=Cc1nc(-c2ccc(N)cc2)cnc1NC(=O)c1ccccc1. The van der Waals surface area contributed by atoms with E-state index in [2.05, 4.69) is 83.7 Å². The highest BCUT2D eigenvalue weighted by Gasteiger charge is 2.28. The molecule has 4 heterocycles. The van der Waals surface area contributed by atoms with E-state index in [1.165, 1.54) is 12.3 Å². The number of carbonyl (C=O) groups is 4. The fourth-order valence-corrected chi connectivity index (χ4v) is 10.9. The molecule has 12 rings (SSSR count). The third-order valence-corrected chi connectivity index (χ3v) is 16.8. The molecule has 0 spiro atoms. The normalized spacial score (nSPS) is 10.5. The lowest BCUT2D eigenvalue weighted by Crippen LogP contribution is -2.20. The van der Waals surface area contributed by atoms with Gasteiger partial charge in [-0.3, -0.25) is 19.2 Å². The zero-order valence-corrected chi connectivity index (χ0v) is 65.6. The van der Waals surface area contributed by atoms with Crippen LogP contribution in [0.15, 0.2) is 217 Å². The van der Waals surface area contributed by atoms with Gasteiger partial charge in [-0.15, -0.1) is 0 Å².